The number of likely N-dealkylation sites (N-methyl/N-ethyl adjacent to an activating group) is 1. The Morgan fingerprint density at radius 2 is 1.90 bits per heavy atom. The molecular weight excluding hydrogens is 252 g/mol. The van der Waals surface area contributed by atoms with Crippen molar-refractivity contribution in [2.75, 3.05) is 18.9 Å². The first kappa shape index (κ1) is 14.7. The van der Waals surface area contributed by atoms with E-state index >= 15 is 0 Å². The maximum Gasteiger partial charge on any atom is 0.241 e. The predicted octanol–water partition coefficient (Wildman–Crippen LogP) is 2.90. The van der Waals surface area contributed by atoms with E-state index in [1.54, 1.807) is 0 Å². The molecule has 0 spiro atoms. The van der Waals surface area contributed by atoms with Gasteiger partial charge in [-0.3, -0.25) is 4.79 Å². The van der Waals surface area contributed by atoms with E-state index in [-0.39, 0.29) is 11.5 Å². The number of carbonyl (C=O) groups excluding carboxylic acids is 1. The SMILES string of the molecule is CN(C(=O)CNc1ccc(OC(C)(C)C)cc1)C1CC1. The van der Waals surface area contributed by atoms with Gasteiger partial charge in [-0.1, -0.05) is 0 Å². The maximum absolute atomic E-state index is 11.9. The Morgan fingerprint density at radius 1 is 1.30 bits per heavy atom. The first-order valence-corrected chi connectivity index (χ1v) is 7.14. The summed E-state index contributed by atoms with van der Waals surface area (Å²) in [4.78, 5) is 13.7. The summed E-state index contributed by atoms with van der Waals surface area (Å²) in [7, 11) is 1.88. The predicted molar refractivity (Wildman–Crippen MR) is 81.1 cm³/mol. The number of nitrogens with one attached hydrogen (secondary N) is 1. The third-order valence-electron chi connectivity index (χ3n) is 3.21. The molecule has 1 aromatic rings. The monoisotopic (exact) mass is 276 g/mol. The van der Waals surface area contributed by atoms with Crippen molar-refractivity contribution < 1.29 is 9.53 Å². The third-order valence-corrected chi connectivity index (χ3v) is 3.21. The number of hydrogen-bond acceptors (Lipinski definition) is 3. The fraction of sp³-hybridized carbons (Fsp3) is 0.562. The summed E-state index contributed by atoms with van der Waals surface area (Å²) in [6.45, 7) is 6.40. The average Bonchev–Trinajstić information content (AvgIpc) is 3.19. The summed E-state index contributed by atoms with van der Waals surface area (Å²) in [5, 5.41) is 3.15. The highest BCUT2D eigenvalue weighted by Gasteiger charge is 2.29. The van der Waals surface area contributed by atoms with Crippen LogP contribution >= 0.6 is 0 Å². The van der Waals surface area contributed by atoms with Crippen LogP contribution in [0.1, 0.15) is 33.6 Å². The van der Waals surface area contributed by atoms with Gasteiger partial charge in [0.25, 0.3) is 0 Å². The van der Waals surface area contributed by atoms with Crippen LogP contribution in [-0.4, -0.2) is 36.0 Å². The van der Waals surface area contributed by atoms with Crippen LogP contribution in [0.2, 0.25) is 0 Å². The van der Waals surface area contributed by atoms with Crippen molar-refractivity contribution in [1.82, 2.24) is 4.90 Å². The first-order chi connectivity index (χ1) is 9.35. The van der Waals surface area contributed by atoms with Crippen molar-refractivity contribution >= 4 is 11.6 Å². The lowest BCUT2D eigenvalue weighted by Crippen LogP contribution is -2.33. The minimum Gasteiger partial charge on any atom is -0.488 e. The van der Waals surface area contributed by atoms with Crippen LogP contribution in [-0.2, 0) is 4.79 Å². The quantitative estimate of drug-likeness (QED) is 0.899. The summed E-state index contributed by atoms with van der Waals surface area (Å²) in [5.41, 5.74) is 0.738. The van der Waals surface area contributed by atoms with Crippen LogP contribution in [0.3, 0.4) is 0 Å². The molecule has 0 radical (unpaired) electrons. The van der Waals surface area contributed by atoms with Crippen LogP contribution in [0.25, 0.3) is 0 Å². The van der Waals surface area contributed by atoms with Gasteiger partial charge in [0.15, 0.2) is 0 Å². The Balaban J connectivity index is 1.82. The fourth-order valence-corrected chi connectivity index (χ4v) is 1.96. The van der Waals surface area contributed by atoms with Gasteiger partial charge in [-0.2, -0.15) is 0 Å². The van der Waals surface area contributed by atoms with E-state index in [2.05, 4.69) is 5.32 Å². The molecule has 1 saturated carbocycles. The molecule has 0 aliphatic heterocycles. The van der Waals surface area contributed by atoms with Gasteiger partial charge in [0.1, 0.15) is 11.4 Å². The molecule has 2 rings (SSSR count). The van der Waals surface area contributed by atoms with E-state index in [1.807, 2.05) is 57.0 Å². The molecule has 1 aromatic carbocycles. The molecule has 1 fully saturated rings. The summed E-state index contributed by atoms with van der Waals surface area (Å²) < 4.78 is 5.76. The molecule has 0 saturated heterocycles. The van der Waals surface area contributed by atoms with Crippen LogP contribution in [0.5, 0.6) is 5.75 Å². The molecule has 1 amide bonds. The molecule has 0 atom stereocenters. The number of carbonyl (C=O) groups is 1. The second kappa shape index (κ2) is 5.73. The molecule has 1 N–H and O–H groups in total. The zero-order valence-corrected chi connectivity index (χ0v) is 12.8. The van der Waals surface area contributed by atoms with Crippen LogP contribution in [0.4, 0.5) is 5.69 Å². The lowest BCUT2D eigenvalue weighted by Gasteiger charge is -2.21. The van der Waals surface area contributed by atoms with Crippen molar-refractivity contribution in [2.45, 2.75) is 45.3 Å². The van der Waals surface area contributed by atoms with Crippen molar-refractivity contribution in [3.8, 4) is 5.75 Å². The van der Waals surface area contributed by atoms with Gasteiger partial charge in [0.2, 0.25) is 5.91 Å². The average molecular weight is 276 g/mol. The number of nitrogens with zero attached hydrogens (tertiary/aromatic N) is 1. The molecule has 0 aromatic heterocycles. The molecule has 0 heterocycles. The summed E-state index contributed by atoms with van der Waals surface area (Å²) in [6, 6.07) is 8.18. The first-order valence-electron chi connectivity index (χ1n) is 7.14. The number of ether oxygens (including phenoxy) is 1. The summed E-state index contributed by atoms with van der Waals surface area (Å²) >= 11 is 0. The molecule has 1 aliphatic rings. The standard InChI is InChI=1S/C16H24N2O2/c1-16(2,3)20-14-9-5-12(6-10-14)17-11-15(19)18(4)13-7-8-13/h5-6,9-10,13,17H,7-8,11H2,1-4H3. The van der Waals surface area contributed by atoms with Crippen LogP contribution < -0.4 is 10.1 Å². The van der Waals surface area contributed by atoms with Gasteiger partial charge in [-0.25, -0.2) is 0 Å². The minimum absolute atomic E-state index is 0.141. The topological polar surface area (TPSA) is 41.6 Å². The zero-order valence-electron chi connectivity index (χ0n) is 12.8. The molecule has 110 valence electrons. The lowest BCUT2D eigenvalue weighted by atomic mass is 10.2. The van der Waals surface area contributed by atoms with Gasteiger partial charge in [0.05, 0.1) is 6.54 Å². The minimum atomic E-state index is -0.197. The fourth-order valence-electron chi connectivity index (χ4n) is 1.96. The lowest BCUT2D eigenvalue weighted by molar-refractivity contribution is -0.128. The number of anilines is 1. The van der Waals surface area contributed by atoms with Crippen LogP contribution in [0, 0.1) is 0 Å². The summed E-state index contributed by atoms with van der Waals surface area (Å²) in [5.74, 6) is 0.979. The van der Waals surface area contributed by atoms with E-state index in [9.17, 15) is 4.79 Å². The Bertz CT molecular complexity index is 458. The normalized spacial score (nSPS) is 14.8. The molecule has 4 nitrogen and oxygen atoms in total. The van der Waals surface area contributed by atoms with Crippen LogP contribution in [0.15, 0.2) is 24.3 Å². The van der Waals surface area contributed by atoms with Gasteiger partial charge >= 0.3 is 0 Å². The smallest absolute Gasteiger partial charge is 0.241 e. The molecule has 1 aliphatic carbocycles. The Labute approximate surface area is 121 Å². The van der Waals surface area contributed by atoms with Crippen molar-refractivity contribution in [3.05, 3.63) is 24.3 Å². The highest BCUT2D eigenvalue weighted by molar-refractivity contribution is 5.81. The zero-order chi connectivity index (χ0) is 14.8. The molecule has 0 unspecified atom stereocenters. The Hall–Kier alpha value is -1.71. The van der Waals surface area contributed by atoms with Gasteiger partial charge < -0.3 is 15.0 Å². The van der Waals surface area contributed by atoms with Gasteiger partial charge in [-0.05, 0) is 57.9 Å². The largest absolute Gasteiger partial charge is 0.488 e. The number of hydrogen-bond donors (Lipinski definition) is 1. The number of amides is 1. The highest BCUT2D eigenvalue weighted by atomic mass is 16.5. The highest BCUT2D eigenvalue weighted by Crippen LogP contribution is 2.25. The third kappa shape index (κ3) is 4.44. The van der Waals surface area contributed by atoms with Gasteiger partial charge in [0, 0.05) is 18.8 Å². The molecule has 4 heteroatoms. The Kier molecular flexibility index (Phi) is 4.21. The van der Waals surface area contributed by atoms with E-state index in [4.69, 9.17) is 4.74 Å². The van der Waals surface area contributed by atoms with Crippen molar-refractivity contribution in [3.63, 3.8) is 0 Å². The number of rotatable bonds is 5. The Morgan fingerprint density at radius 3 is 2.40 bits per heavy atom. The van der Waals surface area contributed by atoms with Crippen molar-refractivity contribution in [1.29, 1.82) is 0 Å². The maximum atomic E-state index is 11.9. The van der Waals surface area contributed by atoms with Crippen molar-refractivity contribution in [2.24, 2.45) is 0 Å². The second-order valence-corrected chi connectivity index (χ2v) is 6.33. The molecule has 0 bridgehead atoms. The molecule has 20 heavy (non-hydrogen) atoms. The van der Waals surface area contributed by atoms with E-state index in [0.29, 0.717) is 12.6 Å². The summed E-state index contributed by atoms with van der Waals surface area (Å²) in [6.07, 6.45) is 2.28. The van der Waals surface area contributed by atoms with E-state index in [1.165, 1.54) is 0 Å². The molecular formula is C16H24N2O2. The van der Waals surface area contributed by atoms with E-state index < -0.39 is 0 Å². The van der Waals surface area contributed by atoms with Gasteiger partial charge in [-0.15, -0.1) is 0 Å². The second-order valence-electron chi connectivity index (χ2n) is 6.33. The van der Waals surface area contributed by atoms with E-state index in [0.717, 1.165) is 24.3 Å². The number of benzene rings is 1.